The van der Waals surface area contributed by atoms with Crippen molar-refractivity contribution in [2.45, 2.75) is 45.1 Å². The number of hydrogen-bond acceptors (Lipinski definition) is 4. The van der Waals surface area contributed by atoms with Gasteiger partial charge in [-0.3, -0.25) is 4.99 Å². The molecule has 25 heavy (non-hydrogen) atoms. The maximum atomic E-state index is 5.73. The Morgan fingerprint density at radius 1 is 1.28 bits per heavy atom. The van der Waals surface area contributed by atoms with E-state index in [1.807, 2.05) is 7.05 Å². The Bertz CT molecular complexity index is 357. The third-order valence-corrected chi connectivity index (χ3v) is 4.83. The van der Waals surface area contributed by atoms with E-state index in [0.29, 0.717) is 12.0 Å². The Hall–Kier alpha value is -0.120. The Balaban J connectivity index is 0.00000312. The predicted octanol–water partition coefficient (Wildman–Crippen LogP) is 2.09. The highest BCUT2D eigenvalue weighted by atomic mass is 127. The van der Waals surface area contributed by atoms with E-state index < -0.39 is 0 Å². The van der Waals surface area contributed by atoms with E-state index >= 15 is 0 Å². The lowest BCUT2D eigenvalue weighted by atomic mass is 10.1. The first-order valence-corrected chi connectivity index (χ1v) is 9.66. The van der Waals surface area contributed by atoms with Gasteiger partial charge in [0, 0.05) is 51.9 Å². The van der Waals surface area contributed by atoms with E-state index in [1.54, 1.807) is 0 Å². The highest BCUT2D eigenvalue weighted by molar-refractivity contribution is 14.0. The number of nitrogens with one attached hydrogen (secondary N) is 2. The minimum absolute atomic E-state index is 0. The summed E-state index contributed by atoms with van der Waals surface area (Å²) in [5, 5.41) is 6.96. The molecule has 2 N–H and O–H groups in total. The SMILES string of the molecule is CCCN1CCC(NC(=NC)NCCCOCC2CCOC2)CC1.I. The third-order valence-electron chi connectivity index (χ3n) is 4.83. The van der Waals surface area contributed by atoms with E-state index in [1.165, 1.54) is 38.9 Å². The van der Waals surface area contributed by atoms with Gasteiger partial charge in [-0.05, 0) is 38.6 Å². The molecule has 0 radical (unpaired) electrons. The van der Waals surface area contributed by atoms with Crippen LogP contribution in [0.1, 0.15) is 39.0 Å². The number of likely N-dealkylation sites (tertiary alicyclic amines) is 1. The third kappa shape index (κ3) is 9.40. The van der Waals surface area contributed by atoms with Crippen LogP contribution in [-0.2, 0) is 9.47 Å². The van der Waals surface area contributed by atoms with E-state index in [2.05, 4.69) is 27.4 Å². The van der Waals surface area contributed by atoms with E-state index in [4.69, 9.17) is 9.47 Å². The minimum Gasteiger partial charge on any atom is -0.381 e. The molecule has 0 aliphatic carbocycles. The highest BCUT2D eigenvalue weighted by Gasteiger charge is 2.19. The Kier molecular flexibility index (Phi) is 12.8. The second kappa shape index (κ2) is 14.0. The van der Waals surface area contributed by atoms with Crippen molar-refractivity contribution in [2.75, 3.05) is 59.7 Å². The second-order valence-electron chi connectivity index (χ2n) is 6.92. The quantitative estimate of drug-likeness (QED) is 0.235. The van der Waals surface area contributed by atoms with Crippen molar-refractivity contribution in [3.05, 3.63) is 0 Å². The van der Waals surface area contributed by atoms with Crippen LogP contribution in [-0.4, -0.2) is 76.6 Å². The first kappa shape index (κ1) is 22.9. The zero-order valence-corrected chi connectivity index (χ0v) is 18.3. The molecule has 0 amide bonds. The maximum Gasteiger partial charge on any atom is 0.191 e. The molecule has 1 unspecified atom stereocenters. The zero-order valence-electron chi connectivity index (χ0n) is 16.0. The summed E-state index contributed by atoms with van der Waals surface area (Å²) in [6.07, 6.45) is 5.80. The summed E-state index contributed by atoms with van der Waals surface area (Å²) in [6.45, 7) is 10.2. The standard InChI is InChI=1S/C18H36N4O2.HI/c1-3-9-22-10-5-17(6-11-22)21-18(19-2)20-8-4-12-23-14-16-7-13-24-15-16;/h16-17H,3-15H2,1-2H3,(H2,19,20,21);1H. The number of guanidine groups is 1. The number of hydrogen-bond donors (Lipinski definition) is 2. The van der Waals surface area contributed by atoms with Crippen molar-refractivity contribution < 1.29 is 9.47 Å². The molecule has 2 aliphatic rings. The average molecular weight is 468 g/mol. The van der Waals surface area contributed by atoms with Gasteiger partial charge in [0.2, 0.25) is 0 Å². The van der Waals surface area contributed by atoms with Gasteiger partial charge in [-0.1, -0.05) is 6.92 Å². The molecule has 0 aromatic heterocycles. The molecule has 2 rings (SSSR count). The fourth-order valence-corrected chi connectivity index (χ4v) is 3.35. The fourth-order valence-electron chi connectivity index (χ4n) is 3.35. The molecule has 0 saturated carbocycles. The van der Waals surface area contributed by atoms with E-state index in [0.717, 1.165) is 51.8 Å². The average Bonchev–Trinajstić information content (AvgIpc) is 3.12. The van der Waals surface area contributed by atoms with Crippen LogP contribution >= 0.6 is 24.0 Å². The van der Waals surface area contributed by atoms with Gasteiger partial charge in [0.15, 0.2) is 5.96 Å². The molecule has 148 valence electrons. The number of aliphatic imine (C=N–C) groups is 1. The number of piperidine rings is 1. The minimum atomic E-state index is 0. The monoisotopic (exact) mass is 468 g/mol. The van der Waals surface area contributed by atoms with Gasteiger partial charge in [-0.15, -0.1) is 24.0 Å². The number of halogens is 1. The molecule has 7 heteroatoms. The van der Waals surface area contributed by atoms with E-state index in [9.17, 15) is 0 Å². The van der Waals surface area contributed by atoms with Crippen LogP contribution in [0.2, 0.25) is 0 Å². The summed E-state index contributed by atoms with van der Waals surface area (Å²) in [4.78, 5) is 6.90. The fraction of sp³-hybridized carbons (Fsp3) is 0.944. The molecule has 2 heterocycles. The Labute approximate surface area is 170 Å². The van der Waals surface area contributed by atoms with Crippen molar-refractivity contribution in [3.8, 4) is 0 Å². The largest absolute Gasteiger partial charge is 0.381 e. The van der Waals surface area contributed by atoms with Crippen LogP contribution in [0.25, 0.3) is 0 Å². The lowest BCUT2D eigenvalue weighted by Gasteiger charge is -2.32. The number of rotatable bonds is 9. The summed E-state index contributed by atoms with van der Waals surface area (Å²) >= 11 is 0. The van der Waals surface area contributed by atoms with Crippen molar-refractivity contribution in [1.82, 2.24) is 15.5 Å². The molecule has 0 bridgehead atoms. The first-order chi connectivity index (χ1) is 11.8. The summed E-state index contributed by atoms with van der Waals surface area (Å²) < 4.78 is 11.1. The summed E-state index contributed by atoms with van der Waals surface area (Å²) in [7, 11) is 1.85. The van der Waals surface area contributed by atoms with Gasteiger partial charge < -0.3 is 25.0 Å². The summed E-state index contributed by atoms with van der Waals surface area (Å²) in [5.41, 5.74) is 0. The number of ether oxygens (including phenoxy) is 2. The normalized spacial score (nSPS) is 22.6. The lowest BCUT2D eigenvalue weighted by Crippen LogP contribution is -2.49. The van der Waals surface area contributed by atoms with Gasteiger partial charge in [0.1, 0.15) is 0 Å². The molecular weight excluding hydrogens is 431 g/mol. The van der Waals surface area contributed by atoms with Crippen molar-refractivity contribution in [3.63, 3.8) is 0 Å². The van der Waals surface area contributed by atoms with Crippen LogP contribution in [0.4, 0.5) is 0 Å². The number of nitrogens with zero attached hydrogens (tertiary/aromatic N) is 2. The smallest absolute Gasteiger partial charge is 0.191 e. The topological polar surface area (TPSA) is 58.1 Å². The Morgan fingerprint density at radius 3 is 2.72 bits per heavy atom. The zero-order chi connectivity index (χ0) is 17.0. The summed E-state index contributed by atoms with van der Waals surface area (Å²) in [5.74, 6) is 1.53. The molecule has 6 nitrogen and oxygen atoms in total. The molecule has 2 fully saturated rings. The van der Waals surface area contributed by atoms with Gasteiger partial charge in [-0.25, -0.2) is 0 Å². The van der Waals surface area contributed by atoms with Crippen molar-refractivity contribution in [2.24, 2.45) is 10.9 Å². The molecule has 0 aromatic carbocycles. The van der Waals surface area contributed by atoms with Crippen LogP contribution in [0, 0.1) is 5.92 Å². The Morgan fingerprint density at radius 2 is 2.08 bits per heavy atom. The molecule has 0 spiro atoms. The van der Waals surface area contributed by atoms with Gasteiger partial charge in [0.05, 0.1) is 13.2 Å². The molecular formula is C18H37IN4O2. The van der Waals surface area contributed by atoms with Crippen LogP contribution in [0.3, 0.4) is 0 Å². The second-order valence-corrected chi connectivity index (χ2v) is 6.92. The van der Waals surface area contributed by atoms with Crippen molar-refractivity contribution >= 4 is 29.9 Å². The highest BCUT2D eigenvalue weighted by Crippen LogP contribution is 2.12. The molecule has 0 aromatic rings. The first-order valence-electron chi connectivity index (χ1n) is 9.66. The maximum absolute atomic E-state index is 5.73. The van der Waals surface area contributed by atoms with Crippen LogP contribution in [0.15, 0.2) is 4.99 Å². The molecule has 1 atom stereocenters. The van der Waals surface area contributed by atoms with Gasteiger partial charge in [-0.2, -0.15) is 0 Å². The lowest BCUT2D eigenvalue weighted by molar-refractivity contribution is 0.0888. The molecule has 2 saturated heterocycles. The summed E-state index contributed by atoms with van der Waals surface area (Å²) in [6, 6.07) is 0.544. The van der Waals surface area contributed by atoms with E-state index in [-0.39, 0.29) is 24.0 Å². The van der Waals surface area contributed by atoms with Crippen LogP contribution < -0.4 is 10.6 Å². The van der Waals surface area contributed by atoms with Crippen LogP contribution in [0.5, 0.6) is 0 Å². The molecule has 2 aliphatic heterocycles. The predicted molar refractivity (Wildman–Crippen MR) is 114 cm³/mol. The van der Waals surface area contributed by atoms with Gasteiger partial charge in [0.25, 0.3) is 0 Å². The van der Waals surface area contributed by atoms with Crippen molar-refractivity contribution in [1.29, 1.82) is 0 Å². The van der Waals surface area contributed by atoms with Gasteiger partial charge >= 0.3 is 0 Å².